The fourth-order valence-electron chi connectivity index (χ4n) is 3.74. The lowest BCUT2D eigenvalue weighted by Crippen LogP contribution is -2.25. The van der Waals surface area contributed by atoms with Gasteiger partial charge in [-0.05, 0) is 43.3 Å². The first-order valence-corrected chi connectivity index (χ1v) is 10.8. The van der Waals surface area contributed by atoms with E-state index in [1.807, 2.05) is 6.07 Å². The lowest BCUT2D eigenvalue weighted by molar-refractivity contribution is 0.102. The molecule has 0 aliphatic heterocycles. The number of carbonyl (C=O) groups excluding carboxylic acids is 1. The number of anilines is 1. The summed E-state index contributed by atoms with van der Waals surface area (Å²) in [6, 6.07) is 16.2. The largest absolute Gasteiger partial charge is 0.422 e. The van der Waals surface area contributed by atoms with Crippen LogP contribution < -0.4 is 15.6 Å². The molecule has 35 heavy (non-hydrogen) atoms. The van der Waals surface area contributed by atoms with Gasteiger partial charge < -0.3 is 10.1 Å². The van der Waals surface area contributed by atoms with Crippen molar-refractivity contribution in [2.75, 3.05) is 5.32 Å². The van der Waals surface area contributed by atoms with Crippen molar-refractivity contribution < 1.29 is 13.9 Å². The van der Waals surface area contributed by atoms with Gasteiger partial charge in [-0.25, -0.2) is 18.5 Å². The fourth-order valence-corrected chi connectivity index (χ4v) is 3.96. The molecule has 0 unspecified atom stereocenters. The minimum absolute atomic E-state index is 0.0297. The number of halogens is 2. The van der Waals surface area contributed by atoms with Gasteiger partial charge in [0.05, 0.1) is 11.4 Å². The van der Waals surface area contributed by atoms with Crippen LogP contribution in [0.2, 0.25) is 5.15 Å². The summed E-state index contributed by atoms with van der Waals surface area (Å²) in [5.74, 6) is -1.53. The molecule has 176 valence electrons. The van der Waals surface area contributed by atoms with Crippen molar-refractivity contribution in [3.63, 3.8) is 0 Å². The zero-order valence-corrected chi connectivity index (χ0v) is 19.3. The van der Waals surface area contributed by atoms with Gasteiger partial charge in [0, 0.05) is 18.8 Å². The monoisotopic (exact) mass is 492 g/mol. The summed E-state index contributed by atoms with van der Waals surface area (Å²) in [7, 11) is 1.69. The molecule has 0 bridgehead atoms. The average molecular weight is 493 g/mol. The number of amides is 1. The second kappa shape index (κ2) is 8.73. The van der Waals surface area contributed by atoms with E-state index in [2.05, 4.69) is 15.3 Å². The summed E-state index contributed by atoms with van der Waals surface area (Å²) in [4.78, 5) is 34.1. The first-order chi connectivity index (χ1) is 16.8. The van der Waals surface area contributed by atoms with Gasteiger partial charge in [0.15, 0.2) is 11.6 Å². The minimum Gasteiger partial charge on any atom is -0.422 e. The highest BCUT2D eigenvalue weighted by Gasteiger charge is 2.23. The van der Waals surface area contributed by atoms with Crippen LogP contribution in [0.25, 0.3) is 11.3 Å². The Morgan fingerprint density at radius 3 is 2.60 bits per heavy atom. The van der Waals surface area contributed by atoms with E-state index >= 15 is 0 Å². The topological polar surface area (TPSA) is 95.5 Å². The lowest BCUT2D eigenvalue weighted by Gasteiger charge is -2.10. The standard InChI is InChI=1S/C24H18ClFN6O3/c1-14-21(23(34)32(30(14)2)16-6-4-3-5-7-16)22(33)29-15-8-9-18(17(26)12-15)35-24-28-13-27-20-11-10-19(25)31(20)24/h3-13H,1-2H3,(H,29,33). The van der Waals surface area contributed by atoms with Gasteiger partial charge in [0.25, 0.3) is 11.5 Å². The number of nitrogens with zero attached hydrogens (tertiary/aromatic N) is 5. The van der Waals surface area contributed by atoms with E-state index in [-0.39, 0.29) is 23.0 Å². The van der Waals surface area contributed by atoms with Gasteiger partial charge in [0.1, 0.15) is 22.7 Å². The SMILES string of the molecule is Cc1c(C(=O)Nc2ccc(Oc3ncnc4ccc(Cl)n34)c(F)c2)c(=O)n(-c2ccccc2)n1C. The number of hydrogen-bond donors (Lipinski definition) is 1. The highest BCUT2D eigenvalue weighted by Crippen LogP contribution is 2.28. The zero-order chi connectivity index (χ0) is 24.7. The Bertz CT molecular complexity index is 1640. The maximum absolute atomic E-state index is 14.8. The van der Waals surface area contributed by atoms with Crippen LogP contribution in [0.15, 0.2) is 71.8 Å². The molecule has 5 rings (SSSR count). The second-order valence-corrected chi connectivity index (χ2v) is 8.03. The number of hydrogen-bond acceptors (Lipinski definition) is 5. The summed E-state index contributed by atoms with van der Waals surface area (Å²) < 4.78 is 24.8. The molecule has 0 atom stereocenters. The molecule has 0 radical (unpaired) electrons. The van der Waals surface area contributed by atoms with Crippen LogP contribution >= 0.6 is 11.6 Å². The van der Waals surface area contributed by atoms with Crippen molar-refractivity contribution in [1.29, 1.82) is 0 Å². The van der Waals surface area contributed by atoms with E-state index in [1.54, 1.807) is 55.1 Å². The molecule has 0 aliphatic carbocycles. The Labute approximate surface area is 203 Å². The smallest absolute Gasteiger partial charge is 0.310 e. The number of benzene rings is 2. The third kappa shape index (κ3) is 3.93. The van der Waals surface area contributed by atoms with Crippen LogP contribution in [0, 0.1) is 12.7 Å². The van der Waals surface area contributed by atoms with E-state index in [4.69, 9.17) is 16.3 Å². The molecule has 0 saturated carbocycles. The molecule has 9 nitrogen and oxygen atoms in total. The first kappa shape index (κ1) is 22.4. The van der Waals surface area contributed by atoms with Crippen molar-refractivity contribution in [2.45, 2.75) is 6.92 Å². The third-order valence-corrected chi connectivity index (χ3v) is 5.83. The van der Waals surface area contributed by atoms with E-state index in [0.29, 0.717) is 22.2 Å². The van der Waals surface area contributed by atoms with Gasteiger partial charge >= 0.3 is 6.01 Å². The summed E-state index contributed by atoms with van der Waals surface area (Å²) in [5, 5.41) is 2.89. The number of fused-ring (bicyclic) bond motifs is 1. The van der Waals surface area contributed by atoms with Gasteiger partial charge in [-0.3, -0.25) is 14.3 Å². The predicted molar refractivity (Wildman–Crippen MR) is 128 cm³/mol. The molecule has 3 aromatic heterocycles. The Hall–Kier alpha value is -4.44. The lowest BCUT2D eigenvalue weighted by atomic mass is 10.2. The molecular weight excluding hydrogens is 475 g/mol. The van der Waals surface area contributed by atoms with E-state index in [0.717, 1.165) is 6.07 Å². The summed E-state index contributed by atoms with van der Waals surface area (Å²) >= 11 is 6.13. The van der Waals surface area contributed by atoms with Gasteiger partial charge in [-0.15, -0.1) is 0 Å². The number of ether oxygens (including phenoxy) is 1. The third-order valence-electron chi connectivity index (χ3n) is 5.53. The molecule has 0 aliphatic rings. The quantitative estimate of drug-likeness (QED) is 0.393. The average Bonchev–Trinajstić information content (AvgIpc) is 3.33. The number of nitrogens with one attached hydrogen (secondary N) is 1. The first-order valence-electron chi connectivity index (χ1n) is 10.5. The Kier molecular flexibility index (Phi) is 5.58. The van der Waals surface area contributed by atoms with Crippen molar-refractivity contribution >= 4 is 28.8 Å². The van der Waals surface area contributed by atoms with E-state index in [1.165, 1.54) is 27.5 Å². The predicted octanol–water partition coefficient (Wildman–Crippen LogP) is 4.36. The summed E-state index contributed by atoms with van der Waals surface area (Å²) in [5.41, 5.74) is 1.21. The van der Waals surface area contributed by atoms with Crippen LogP contribution in [-0.2, 0) is 7.05 Å². The molecule has 2 aromatic carbocycles. The molecule has 1 amide bonds. The number of rotatable bonds is 5. The zero-order valence-electron chi connectivity index (χ0n) is 18.6. The Morgan fingerprint density at radius 2 is 1.86 bits per heavy atom. The van der Waals surface area contributed by atoms with E-state index in [9.17, 15) is 14.0 Å². The molecule has 5 aromatic rings. The summed E-state index contributed by atoms with van der Waals surface area (Å²) in [6.45, 7) is 1.67. The molecule has 11 heteroatoms. The van der Waals surface area contributed by atoms with Crippen molar-refractivity contribution in [3.8, 4) is 17.4 Å². The van der Waals surface area contributed by atoms with Crippen LogP contribution in [-0.4, -0.2) is 29.6 Å². The maximum atomic E-state index is 14.8. The Balaban J connectivity index is 1.41. The van der Waals surface area contributed by atoms with Crippen molar-refractivity contribution in [1.82, 2.24) is 23.7 Å². The van der Waals surface area contributed by atoms with Gasteiger partial charge in [-0.2, -0.15) is 4.98 Å². The highest BCUT2D eigenvalue weighted by molar-refractivity contribution is 6.30. The number of aromatic nitrogens is 5. The molecule has 0 fully saturated rings. The maximum Gasteiger partial charge on any atom is 0.310 e. The fraction of sp³-hybridized carbons (Fsp3) is 0.0833. The van der Waals surface area contributed by atoms with Gasteiger partial charge in [0.2, 0.25) is 0 Å². The van der Waals surface area contributed by atoms with E-state index < -0.39 is 17.3 Å². The second-order valence-electron chi connectivity index (χ2n) is 7.64. The van der Waals surface area contributed by atoms with Crippen LogP contribution in [0.1, 0.15) is 16.1 Å². The molecule has 0 saturated heterocycles. The van der Waals surface area contributed by atoms with Gasteiger partial charge in [-0.1, -0.05) is 29.8 Å². The molecule has 1 N–H and O–H groups in total. The molecular formula is C24H18ClFN6O3. The molecule has 0 spiro atoms. The van der Waals surface area contributed by atoms with Crippen molar-refractivity contribution in [3.05, 3.63) is 99.6 Å². The molecule has 3 heterocycles. The van der Waals surface area contributed by atoms with Crippen LogP contribution in [0.3, 0.4) is 0 Å². The highest BCUT2D eigenvalue weighted by atomic mass is 35.5. The Morgan fingerprint density at radius 1 is 1.09 bits per heavy atom. The van der Waals surface area contributed by atoms with Crippen LogP contribution in [0.5, 0.6) is 11.8 Å². The number of carbonyl (C=O) groups is 1. The van der Waals surface area contributed by atoms with Crippen molar-refractivity contribution in [2.24, 2.45) is 7.05 Å². The minimum atomic E-state index is -0.746. The number of para-hydroxylation sites is 1. The summed E-state index contributed by atoms with van der Waals surface area (Å²) in [6.07, 6.45) is 1.28. The normalized spacial score (nSPS) is 11.1. The van der Waals surface area contributed by atoms with Crippen LogP contribution in [0.4, 0.5) is 10.1 Å².